The van der Waals surface area contributed by atoms with Gasteiger partial charge in [-0.1, -0.05) is 36.8 Å². The average Bonchev–Trinajstić information content (AvgIpc) is 3.03. The largest absolute Gasteiger partial charge is 0.356 e. The van der Waals surface area contributed by atoms with Crippen LogP contribution in [0.4, 0.5) is 0 Å². The monoisotopic (exact) mass is 356 g/mol. The molecule has 0 saturated carbocycles. The Bertz CT molecular complexity index is 719. The molecule has 142 valence electrons. The highest BCUT2D eigenvalue weighted by Crippen LogP contribution is 2.17. The second-order valence-corrected chi connectivity index (χ2v) is 7.08. The first-order chi connectivity index (χ1) is 12.4. The van der Waals surface area contributed by atoms with E-state index in [1.807, 2.05) is 17.9 Å². The summed E-state index contributed by atoms with van der Waals surface area (Å²) in [6.07, 6.45) is 3.98. The van der Waals surface area contributed by atoms with E-state index in [2.05, 4.69) is 84.0 Å². The predicted octanol–water partition coefficient (Wildman–Crippen LogP) is 2.30. The lowest BCUT2D eigenvalue weighted by molar-refractivity contribution is 0.298. The topological polar surface area (TPSA) is 57.5 Å². The molecule has 0 amide bonds. The molecule has 0 aliphatic carbocycles. The molecule has 0 fully saturated rings. The molecule has 0 aliphatic rings. The number of rotatable bonds is 7. The van der Waals surface area contributed by atoms with Gasteiger partial charge in [0.05, 0.1) is 12.2 Å². The Morgan fingerprint density at radius 2 is 1.96 bits per heavy atom. The number of benzene rings is 1. The first-order valence-corrected chi connectivity index (χ1v) is 9.06. The number of likely N-dealkylation sites (N-methyl/N-ethyl adjacent to an activating group) is 1. The van der Waals surface area contributed by atoms with Gasteiger partial charge in [0.1, 0.15) is 0 Å². The molecule has 0 saturated heterocycles. The Morgan fingerprint density at radius 3 is 2.54 bits per heavy atom. The number of hydrogen-bond acceptors (Lipinski definition) is 3. The van der Waals surface area contributed by atoms with Gasteiger partial charge < -0.3 is 15.5 Å². The van der Waals surface area contributed by atoms with Crippen LogP contribution in [0.1, 0.15) is 35.6 Å². The van der Waals surface area contributed by atoms with E-state index in [0.29, 0.717) is 5.92 Å². The van der Waals surface area contributed by atoms with Crippen molar-refractivity contribution < 1.29 is 0 Å². The van der Waals surface area contributed by atoms with Crippen molar-refractivity contribution in [3.8, 4) is 0 Å². The maximum absolute atomic E-state index is 4.36. The van der Waals surface area contributed by atoms with Crippen molar-refractivity contribution in [1.29, 1.82) is 0 Å². The van der Waals surface area contributed by atoms with Gasteiger partial charge in [0.2, 0.25) is 0 Å². The molecule has 0 radical (unpaired) electrons. The molecular weight excluding hydrogens is 324 g/mol. The zero-order valence-electron chi connectivity index (χ0n) is 16.8. The predicted molar refractivity (Wildman–Crippen MR) is 109 cm³/mol. The lowest BCUT2D eigenvalue weighted by Gasteiger charge is -2.25. The Labute approximate surface area is 157 Å². The minimum atomic E-state index is 0.233. The quantitative estimate of drug-likeness (QED) is 0.590. The standard InChI is InChI=1S/C20H32N6/c1-15-8-7-9-17(10-15)16(2)11-22-20(21-3)23-13-19(25(4)5)18-12-24-26(6)14-18/h7-10,12,14,16,19H,11,13H2,1-6H3,(H2,21,22,23). The maximum atomic E-state index is 4.36. The number of nitrogens with zero attached hydrogens (tertiary/aromatic N) is 4. The third-order valence-electron chi connectivity index (χ3n) is 4.61. The summed E-state index contributed by atoms with van der Waals surface area (Å²) < 4.78 is 1.84. The number of aliphatic imine (C=N–C) groups is 1. The summed E-state index contributed by atoms with van der Waals surface area (Å²) in [4.78, 5) is 6.54. The summed E-state index contributed by atoms with van der Waals surface area (Å²) in [6.45, 7) is 5.96. The number of aryl methyl sites for hydroxylation is 2. The molecule has 0 bridgehead atoms. The average molecular weight is 357 g/mol. The molecule has 1 aromatic heterocycles. The number of guanidine groups is 1. The second-order valence-electron chi connectivity index (χ2n) is 7.08. The fraction of sp³-hybridized carbons (Fsp3) is 0.500. The van der Waals surface area contributed by atoms with Crippen LogP contribution in [0, 0.1) is 6.92 Å². The minimum absolute atomic E-state index is 0.233. The fourth-order valence-electron chi connectivity index (χ4n) is 2.97. The van der Waals surface area contributed by atoms with Crippen LogP contribution in [0.3, 0.4) is 0 Å². The van der Waals surface area contributed by atoms with E-state index in [9.17, 15) is 0 Å². The summed E-state index contributed by atoms with van der Waals surface area (Å²) >= 11 is 0. The number of nitrogens with one attached hydrogen (secondary N) is 2. The molecule has 2 aromatic rings. The van der Waals surface area contributed by atoms with Crippen molar-refractivity contribution >= 4 is 5.96 Å². The van der Waals surface area contributed by atoms with Crippen LogP contribution in [0.5, 0.6) is 0 Å². The highest BCUT2D eigenvalue weighted by molar-refractivity contribution is 5.79. The van der Waals surface area contributed by atoms with Gasteiger partial charge in [-0.25, -0.2) is 0 Å². The molecule has 6 nitrogen and oxygen atoms in total. The molecule has 1 heterocycles. The van der Waals surface area contributed by atoms with Crippen molar-refractivity contribution in [1.82, 2.24) is 25.3 Å². The van der Waals surface area contributed by atoms with Gasteiger partial charge in [-0.2, -0.15) is 5.10 Å². The molecule has 0 aliphatic heterocycles. The summed E-state index contributed by atoms with van der Waals surface area (Å²) in [6, 6.07) is 8.90. The molecule has 0 spiro atoms. The second kappa shape index (κ2) is 9.38. The normalized spacial score (nSPS) is 14.3. The maximum Gasteiger partial charge on any atom is 0.191 e. The van der Waals surface area contributed by atoms with Crippen molar-refractivity contribution in [2.75, 3.05) is 34.2 Å². The summed E-state index contributed by atoms with van der Waals surface area (Å²) in [5, 5.41) is 11.2. The number of aromatic nitrogens is 2. The Balaban J connectivity index is 1.90. The van der Waals surface area contributed by atoms with E-state index in [1.54, 1.807) is 7.05 Å². The van der Waals surface area contributed by atoms with Crippen LogP contribution in [-0.2, 0) is 7.05 Å². The van der Waals surface area contributed by atoms with Gasteiger partial charge in [-0.3, -0.25) is 9.67 Å². The lowest BCUT2D eigenvalue weighted by atomic mass is 9.99. The van der Waals surface area contributed by atoms with Gasteiger partial charge >= 0.3 is 0 Å². The molecule has 26 heavy (non-hydrogen) atoms. The van der Waals surface area contributed by atoms with Crippen LogP contribution in [0.25, 0.3) is 0 Å². The van der Waals surface area contributed by atoms with E-state index in [0.717, 1.165) is 19.0 Å². The zero-order valence-corrected chi connectivity index (χ0v) is 16.8. The van der Waals surface area contributed by atoms with Crippen LogP contribution in [0.2, 0.25) is 0 Å². The molecule has 2 N–H and O–H groups in total. The molecule has 6 heteroatoms. The van der Waals surface area contributed by atoms with Gasteiger partial charge in [0.25, 0.3) is 0 Å². The minimum Gasteiger partial charge on any atom is -0.356 e. The third kappa shape index (κ3) is 5.59. The van der Waals surface area contributed by atoms with Gasteiger partial charge in [-0.15, -0.1) is 0 Å². The Kier molecular flexibility index (Phi) is 7.21. The summed E-state index contributed by atoms with van der Waals surface area (Å²) in [5.74, 6) is 1.23. The zero-order chi connectivity index (χ0) is 19.1. The molecule has 1 aromatic carbocycles. The van der Waals surface area contributed by atoms with E-state index in [-0.39, 0.29) is 6.04 Å². The van der Waals surface area contributed by atoms with Crippen LogP contribution in [-0.4, -0.2) is 54.9 Å². The van der Waals surface area contributed by atoms with E-state index >= 15 is 0 Å². The van der Waals surface area contributed by atoms with Gasteiger partial charge in [-0.05, 0) is 32.5 Å². The highest BCUT2D eigenvalue weighted by atomic mass is 15.3. The molecule has 2 atom stereocenters. The first-order valence-electron chi connectivity index (χ1n) is 9.06. The van der Waals surface area contributed by atoms with Crippen LogP contribution >= 0.6 is 0 Å². The number of hydrogen-bond donors (Lipinski definition) is 2. The summed E-state index contributed by atoms with van der Waals surface area (Å²) in [5.41, 5.74) is 3.82. The fourth-order valence-corrected chi connectivity index (χ4v) is 2.97. The highest BCUT2D eigenvalue weighted by Gasteiger charge is 2.16. The summed E-state index contributed by atoms with van der Waals surface area (Å²) in [7, 11) is 7.91. The molecule has 2 unspecified atom stereocenters. The molecule has 2 rings (SSSR count). The van der Waals surface area contributed by atoms with E-state index < -0.39 is 0 Å². The van der Waals surface area contributed by atoms with Gasteiger partial charge in [0.15, 0.2) is 5.96 Å². The van der Waals surface area contributed by atoms with E-state index in [1.165, 1.54) is 16.7 Å². The van der Waals surface area contributed by atoms with Crippen LogP contribution < -0.4 is 10.6 Å². The van der Waals surface area contributed by atoms with Crippen molar-refractivity contribution in [3.63, 3.8) is 0 Å². The van der Waals surface area contributed by atoms with Crippen molar-refractivity contribution in [2.24, 2.45) is 12.0 Å². The van der Waals surface area contributed by atoms with Gasteiger partial charge in [0, 0.05) is 38.9 Å². The first kappa shape index (κ1) is 20.0. The Morgan fingerprint density at radius 1 is 1.23 bits per heavy atom. The third-order valence-corrected chi connectivity index (χ3v) is 4.61. The van der Waals surface area contributed by atoms with Crippen molar-refractivity contribution in [3.05, 3.63) is 53.3 Å². The Hall–Kier alpha value is -2.34. The lowest BCUT2D eigenvalue weighted by Crippen LogP contribution is -2.42. The SMILES string of the molecule is CN=C(NCC(C)c1cccc(C)c1)NCC(c1cnn(C)c1)N(C)C. The van der Waals surface area contributed by atoms with E-state index in [4.69, 9.17) is 0 Å². The van der Waals surface area contributed by atoms with Crippen LogP contribution in [0.15, 0.2) is 41.7 Å². The molecular formula is C20H32N6. The smallest absolute Gasteiger partial charge is 0.191 e. The van der Waals surface area contributed by atoms with Crippen molar-refractivity contribution in [2.45, 2.75) is 25.8 Å².